The minimum atomic E-state index is -1.04. The van der Waals surface area contributed by atoms with Crippen LogP contribution < -0.4 is 10.6 Å². The summed E-state index contributed by atoms with van der Waals surface area (Å²) < 4.78 is 6.46. The summed E-state index contributed by atoms with van der Waals surface area (Å²) in [5.41, 5.74) is -0.381. The van der Waals surface area contributed by atoms with Crippen molar-refractivity contribution in [1.29, 1.82) is 0 Å². The second-order valence-electron chi connectivity index (χ2n) is 9.48. The summed E-state index contributed by atoms with van der Waals surface area (Å²) in [7, 11) is 0. The average molecular weight is 536 g/mol. The van der Waals surface area contributed by atoms with Crippen LogP contribution in [0.1, 0.15) is 45.4 Å². The monoisotopic (exact) mass is 535 g/mol. The summed E-state index contributed by atoms with van der Waals surface area (Å²) in [6, 6.07) is 8.36. The zero-order valence-electron chi connectivity index (χ0n) is 19.5. The molecule has 3 aliphatic heterocycles. The number of carbonyl (C=O) groups excluding carboxylic acids is 3. The molecule has 186 valence electrons. The zero-order valence-corrected chi connectivity index (χ0v) is 21.1. The first-order chi connectivity index (χ1) is 16.4. The fraction of sp³-hybridized carbons (Fsp3) is 0.640. The van der Waals surface area contributed by atoms with E-state index in [2.05, 4.69) is 33.5 Å². The van der Waals surface area contributed by atoms with Gasteiger partial charge in [0, 0.05) is 30.2 Å². The Balaban J connectivity index is 1.61. The summed E-state index contributed by atoms with van der Waals surface area (Å²) in [6.45, 7) is 3.01. The second kappa shape index (κ2) is 10.7. The van der Waals surface area contributed by atoms with Crippen molar-refractivity contribution in [2.45, 2.75) is 68.0 Å². The maximum absolute atomic E-state index is 13.7. The van der Waals surface area contributed by atoms with Gasteiger partial charge in [-0.15, -0.1) is 0 Å². The lowest BCUT2D eigenvalue weighted by Gasteiger charge is -2.34. The van der Waals surface area contributed by atoms with E-state index in [-0.39, 0.29) is 29.2 Å². The molecule has 3 unspecified atom stereocenters. The van der Waals surface area contributed by atoms with Crippen molar-refractivity contribution in [3.05, 3.63) is 30.3 Å². The van der Waals surface area contributed by atoms with E-state index >= 15 is 0 Å². The number of para-hydroxylation sites is 1. The number of hydrogen-bond acceptors (Lipinski definition) is 5. The van der Waals surface area contributed by atoms with Gasteiger partial charge in [0.2, 0.25) is 17.7 Å². The van der Waals surface area contributed by atoms with Gasteiger partial charge in [-0.05, 0) is 37.8 Å². The first kappa shape index (κ1) is 25.1. The molecule has 3 saturated heterocycles. The van der Waals surface area contributed by atoms with Crippen molar-refractivity contribution in [1.82, 2.24) is 10.2 Å². The molecule has 2 bridgehead atoms. The Bertz CT molecular complexity index is 900. The lowest BCUT2D eigenvalue weighted by atomic mass is 9.70. The third-order valence-electron chi connectivity index (χ3n) is 7.27. The van der Waals surface area contributed by atoms with Crippen LogP contribution in [-0.4, -0.2) is 70.0 Å². The van der Waals surface area contributed by atoms with Crippen molar-refractivity contribution in [3.8, 4) is 0 Å². The smallest absolute Gasteiger partial charge is 0.245 e. The molecule has 1 spiro atoms. The van der Waals surface area contributed by atoms with Gasteiger partial charge in [0.05, 0.1) is 17.9 Å². The number of nitrogens with zero attached hydrogens (tertiary/aromatic N) is 1. The largest absolute Gasteiger partial charge is 0.396 e. The van der Waals surface area contributed by atoms with Gasteiger partial charge in [0.1, 0.15) is 11.6 Å². The number of rotatable bonds is 11. The molecule has 0 aromatic heterocycles. The van der Waals surface area contributed by atoms with Crippen LogP contribution in [0.4, 0.5) is 5.69 Å². The molecular formula is C25H34BrN3O5. The first-order valence-electron chi connectivity index (χ1n) is 12.3. The molecular weight excluding hydrogens is 502 g/mol. The number of carbonyl (C=O) groups is 3. The van der Waals surface area contributed by atoms with Crippen LogP contribution in [0.3, 0.4) is 0 Å². The molecule has 0 saturated carbocycles. The van der Waals surface area contributed by atoms with Gasteiger partial charge in [-0.25, -0.2) is 0 Å². The lowest BCUT2D eigenvalue weighted by molar-refractivity contribution is -0.141. The quantitative estimate of drug-likeness (QED) is 0.298. The fourth-order valence-electron chi connectivity index (χ4n) is 5.79. The molecule has 3 aliphatic rings. The van der Waals surface area contributed by atoms with E-state index in [9.17, 15) is 19.5 Å². The Morgan fingerprint density at radius 2 is 1.94 bits per heavy atom. The second-order valence-corrected chi connectivity index (χ2v) is 10.7. The van der Waals surface area contributed by atoms with Gasteiger partial charge in [-0.2, -0.15) is 0 Å². The van der Waals surface area contributed by atoms with Crippen molar-refractivity contribution in [2.75, 3.05) is 25.0 Å². The van der Waals surface area contributed by atoms with Crippen LogP contribution in [0.2, 0.25) is 0 Å². The Morgan fingerprint density at radius 1 is 1.18 bits per heavy atom. The number of fused-ring (bicyclic) bond motifs is 1. The summed E-state index contributed by atoms with van der Waals surface area (Å²) in [5.74, 6) is -2.10. The van der Waals surface area contributed by atoms with Crippen molar-refractivity contribution >= 4 is 39.3 Å². The van der Waals surface area contributed by atoms with E-state index in [0.29, 0.717) is 38.0 Å². The summed E-state index contributed by atoms with van der Waals surface area (Å²) in [6.07, 6.45) is 4.06. The van der Waals surface area contributed by atoms with E-state index in [4.69, 9.17) is 4.74 Å². The minimum Gasteiger partial charge on any atom is -0.396 e. The van der Waals surface area contributed by atoms with Gasteiger partial charge < -0.3 is 25.4 Å². The number of aliphatic hydroxyl groups excluding tert-OH is 1. The van der Waals surface area contributed by atoms with Gasteiger partial charge in [-0.1, -0.05) is 53.9 Å². The standard InChI is InChI=1S/C25H34BrN3O5/c1-2-3-7-12-27-23(32)21-25-15-17(26)20(34-25)18(22(31)28-16-10-5-4-6-11-16)19(25)24(33)29(21)13-8-9-14-30/h4-6,10-11,17-21,30H,2-3,7-9,12-15H2,1H3,(H,27,32)(H,28,31)/t17?,18-,19+,20-,21?,25?/m1/s1. The number of hydrogen-bond donors (Lipinski definition) is 3. The molecule has 3 N–H and O–H groups in total. The fourth-order valence-corrected chi connectivity index (χ4v) is 6.74. The summed E-state index contributed by atoms with van der Waals surface area (Å²) >= 11 is 3.67. The average Bonchev–Trinajstić information content (AvgIpc) is 3.41. The third-order valence-corrected chi connectivity index (χ3v) is 8.11. The lowest BCUT2D eigenvalue weighted by Crippen LogP contribution is -2.56. The van der Waals surface area contributed by atoms with E-state index in [1.54, 1.807) is 17.0 Å². The highest BCUT2D eigenvalue weighted by Gasteiger charge is 2.76. The number of halogens is 1. The number of likely N-dealkylation sites (tertiary alicyclic amines) is 1. The first-order valence-corrected chi connectivity index (χ1v) is 13.2. The molecule has 3 heterocycles. The van der Waals surface area contributed by atoms with Crippen LogP contribution in [0.15, 0.2) is 30.3 Å². The number of anilines is 1. The normalized spacial score (nSPS) is 31.6. The predicted octanol–water partition coefficient (Wildman–Crippen LogP) is 2.45. The highest BCUT2D eigenvalue weighted by atomic mass is 79.9. The van der Waals surface area contributed by atoms with Crippen molar-refractivity contribution in [2.24, 2.45) is 11.8 Å². The van der Waals surface area contributed by atoms with E-state index in [1.165, 1.54) is 0 Å². The van der Waals surface area contributed by atoms with Crippen molar-refractivity contribution in [3.63, 3.8) is 0 Å². The molecule has 6 atom stereocenters. The van der Waals surface area contributed by atoms with E-state index < -0.39 is 29.6 Å². The molecule has 4 rings (SSSR count). The molecule has 34 heavy (non-hydrogen) atoms. The summed E-state index contributed by atoms with van der Waals surface area (Å²) in [5, 5.41) is 15.2. The maximum atomic E-state index is 13.7. The van der Waals surface area contributed by atoms with Crippen molar-refractivity contribution < 1.29 is 24.2 Å². The van der Waals surface area contributed by atoms with Crippen LogP contribution in [0, 0.1) is 11.8 Å². The number of amides is 3. The Hall–Kier alpha value is -1.97. The van der Waals surface area contributed by atoms with Crippen LogP contribution >= 0.6 is 15.9 Å². The molecule has 3 amide bonds. The number of benzene rings is 1. The van der Waals surface area contributed by atoms with Crippen LogP contribution in [0.5, 0.6) is 0 Å². The number of aliphatic hydroxyl groups is 1. The number of nitrogens with one attached hydrogen (secondary N) is 2. The Labute approximate surface area is 208 Å². The number of alkyl halides is 1. The Morgan fingerprint density at radius 3 is 2.65 bits per heavy atom. The molecule has 1 aromatic rings. The maximum Gasteiger partial charge on any atom is 0.245 e. The highest BCUT2D eigenvalue weighted by Crippen LogP contribution is 2.60. The number of ether oxygens (including phenoxy) is 1. The van der Waals surface area contributed by atoms with Gasteiger partial charge >= 0.3 is 0 Å². The topological polar surface area (TPSA) is 108 Å². The molecule has 1 aromatic carbocycles. The zero-order chi connectivity index (χ0) is 24.3. The van der Waals surface area contributed by atoms with E-state index in [0.717, 1.165) is 19.3 Å². The SMILES string of the molecule is CCCCCNC(=O)C1N(CCCCO)C(=O)[C@@H]2[C@@H](C(=O)Nc3ccccc3)[C@@H]3OC12CC3Br. The predicted molar refractivity (Wildman–Crippen MR) is 131 cm³/mol. The third kappa shape index (κ3) is 4.50. The number of unbranched alkanes of at least 4 members (excludes halogenated alkanes) is 3. The Kier molecular flexibility index (Phi) is 7.94. The van der Waals surface area contributed by atoms with Crippen LogP contribution in [0.25, 0.3) is 0 Å². The molecule has 8 nitrogen and oxygen atoms in total. The molecule has 0 radical (unpaired) electrons. The molecule has 0 aliphatic carbocycles. The van der Waals surface area contributed by atoms with E-state index in [1.807, 2.05) is 18.2 Å². The highest BCUT2D eigenvalue weighted by molar-refractivity contribution is 9.09. The van der Waals surface area contributed by atoms with Gasteiger partial charge in [0.15, 0.2) is 0 Å². The van der Waals surface area contributed by atoms with Gasteiger partial charge in [-0.3, -0.25) is 14.4 Å². The summed E-state index contributed by atoms with van der Waals surface area (Å²) in [4.78, 5) is 42.1. The minimum absolute atomic E-state index is 0.0225. The molecule has 9 heteroatoms. The van der Waals surface area contributed by atoms with Gasteiger partial charge in [0.25, 0.3) is 0 Å². The molecule has 3 fully saturated rings. The van der Waals surface area contributed by atoms with Crippen LogP contribution in [-0.2, 0) is 19.1 Å².